The average molecular weight is 341 g/mol. The quantitative estimate of drug-likeness (QED) is 0.496. The Morgan fingerprint density at radius 2 is 2.00 bits per heavy atom. The van der Waals surface area contributed by atoms with E-state index in [1.807, 2.05) is 24.3 Å². The van der Waals surface area contributed by atoms with Crippen LogP contribution in [0.25, 0.3) is 22.9 Å². The standard InChI is InChI=1S/C18H13ClN2O3/c1-24-18-16(15-5-3-2-4-13(15)11-20-18)8-6-12-10-14(19)7-9-17(12)21(22)23/h2-11H,1H3/b8-6+. The van der Waals surface area contributed by atoms with Crippen molar-refractivity contribution in [3.05, 3.63) is 74.9 Å². The molecule has 0 amide bonds. The van der Waals surface area contributed by atoms with Gasteiger partial charge in [-0.3, -0.25) is 10.1 Å². The van der Waals surface area contributed by atoms with Crippen molar-refractivity contribution < 1.29 is 9.66 Å². The maximum atomic E-state index is 11.2. The minimum absolute atomic E-state index is 0.0113. The summed E-state index contributed by atoms with van der Waals surface area (Å²) in [6.45, 7) is 0. The van der Waals surface area contributed by atoms with Crippen LogP contribution in [-0.4, -0.2) is 17.0 Å². The van der Waals surface area contributed by atoms with Crippen LogP contribution in [0.2, 0.25) is 5.02 Å². The third kappa shape index (κ3) is 3.07. The fourth-order valence-electron chi connectivity index (χ4n) is 2.49. The van der Waals surface area contributed by atoms with Crippen molar-refractivity contribution in [2.24, 2.45) is 0 Å². The van der Waals surface area contributed by atoms with Crippen molar-refractivity contribution in [2.45, 2.75) is 0 Å². The Hall–Kier alpha value is -2.92. The van der Waals surface area contributed by atoms with Crippen LogP contribution in [0.4, 0.5) is 5.69 Å². The van der Waals surface area contributed by atoms with Crippen LogP contribution in [-0.2, 0) is 0 Å². The normalized spacial score (nSPS) is 11.1. The molecular formula is C18H13ClN2O3. The second-order valence-corrected chi connectivity index (χ2v) is 5.50. The summed E-state index contributed by atoms with van der Waals surface area (Å²) in [6.07, 6.45) is 5.14. The second-order valence-electron chi connectivity index (χ2n) is 5.06. The number of aromatic nitrogens is 1. The number of halogens is 1. The van der Waals surface area contributed by atoms with E-state index in [4.69, 9.17) is 16.3 Å². The zero-order chi connectivity index (χ0) is 17.1. The molecule has 0 spiro atoms. The summed E-state index contributed by atoms with van der Waals surface area (Å²) in [5, 5.41) is 13.5. The Balaban J connectivity index is 2.15. The van der Waals surface area contributed by atoms with Gasteiger partial charge < -0.3 is 4.74 Å². The highest BCUT2D eigenvalue weighted by Gasteiger charge is 2.12. The van der Waals surface area contributed by atoms with Gasteiger partial charge in [-0.2, -0.15) is 0 Å². The van der Waals surface area contributed by atoms with Gasteiger partial charge in [0.25, 0.3) is 5.69 Å². The molecule has 0 unspecified atom stereocenters. The Morgan fingerprint density at radius 1 is 1.21 bits per heavy atom. The van der Waals surface area contributed by atoms with Gasteiger partial charge in [-0.1, -0.05) is 35.9 Å². The number of pyridine rings is 1. The summed E-state index contributed by atoms with van der Waals surface area (Å²) in [5.41, 5.74) is 1.16. The number of hydrogen-bond donors (Lipinski definition) is 0. The summed E-state index contributed by atoms with van der Waals surface area (Å²) >= 11 is 5.96. The number of hydrogen-bond acceptors (Lipinski definition) is 4. The van der Waals surface area contributed by atoms with Gasteiger partial charge in [-0.15, -0.1) is 0 Å². The van der Waals surface area contributed by atoms with Crippen LogP contribution in [0.5, 0.6) is 5.88 Å². The number of methoxy groups -OCH3 is 1. The second kappa shape index (κ2) is 6.68. The molecule has 24 heavy (non-hydrogen) atoms. The van der Waals surface area contributed by atoms with E-state index in [9.17, 15) is 10.1 Å². The minimum atomic E-state index is -0.436. The van der Waals surface area contributed by atoms with E-state index in [-0.39, 0.29) is 5.69 Å². The van der Waals surface area contributed by atoms with E-state index in [0.717, 1.165) is 16.3 Å². The number of nitro benzene ring substituents is 1. The molecule has 0 aliphatic heterocycles. The highest BCUT2D eigenvalue weighted by atomic mass is 35.5. The van der Waals surface area contributed by atoms with Crippen molar-refractivity contribution in [3.63, 3.8) is 0 Å². The van der Waals surface area contributed by atoms with E-state index in [0.29, 0.717) is 16.5 Å². The predicted octanol–water partition coefficient (Wildman–Crippen LogP) is 4.98. The Bertz CT molecular complexity index is 954. The van der Waals surface area contributed by atoms with Crippen LogP contribution in [0.3, 0.4) is 0 Å². The van der Waals surface area contributed by atoms with Crippen molar-refractivity contribution >= 4 is 40.2 Å². The Labute approximate surface area is 143 Å². The lowest BCUT2D eigenvalue weighted by molar-refractivity contribution is -0.385. The molecule has 0 atom stereocenters. The maximum Gasteiger partial charge on any atom is 0.276 e. The van der Waals surface area contributed by atoms with Crippen molar-refractivity contribution in [2.75, 3.05) is 7.11 Å². The molecule has 1 aromatic heterocycles. The largest absolute Gasteiger partial charge is 0.481 e. The molecule has 0 aliphatic carbocycles. The number of ether oxygens (including phenoxy) is 1. The molecule has 120 valence electrons. The third-order valence-corrected chi connectivity index (χ3v) is 3.85. The summed E-state index contributed by atoms with van der Waals surface area (Å²) in [6, 6.07) is 12.2. The van der Waals surface area contributed by atoms with E-state index in [1.165, 1.54) is 19.2 Å². The van der Waals surface area contributed by atoms with E-state index in [1.54, 1.807) is 24.4 Å². The topological polar surface area (TPSA) is 65.3 Å². The van der Waals surface area contributed by atoms with Crippen molar-refractivity contribution in [1.29, 1.82) is 0 Å². The molecule has 1 heterocycles. The van der Waals surface area contributed by atoms with Crippen LogP contribution in [0, 0.1) is 10.1 Å². The molecule has 0 saturated carbocycles. The first-order valence-corrected chi connectivity index (χ1v) is 7.51. The van der Waals surface area contributed by atoms with Gasteiger partial charge in [0, 0.05) is 28.2 Å². The lowest BCUT2D eigenvalue weighted by Crippen LogP contribution is -1.93. The van der Waals surface area contributed by atoms with Gasteiger partial charge in [0.2, 0.25) is 5.88 Å². The number of benzene rings is 2. The average Bonchev–Trinajstić information content (AvgIpc) is 2.59. The van der Waals surface area contributed by atoms with E-state index < -0.39 is 4.92 Å². The molecule has 3 aromatic rings. The summed E-state index contributed by atoms with van der Waals surface area (Å²) in [7, 11) is 1.54. The molecule has 0 saturated heterocycles. The van der Waals surface area contributed by atoms with Crippen LogP contribution in [0.1, 0.15) is 11.1 Å². The Kier molecular flexibility index (Phi) is 4.44. The van der Waals surface area contributed by atoms with E-state index >= 15 is 0 Å². The zero-order valence-electron chi connectivity index (χ0n) is 12.8. The van der Waals surface area contributed by atoms with Crippen LogP contribution >= 0.6 is 11.6 Å². The highest BCUT2D eigenvalue weighted by molar-refractivity contribution is 6.30. The molecule has 0 aliphatic rings. The van der Waals surface area contributed by atoms with Gasteiger partial charge in [0.15, 0.2) is 0 Å². The lowest BCUT2D eigenvalue weighted by Gasteiger charge is -2.07. The fourth-order valence-corrected chi connectivity index (χ4v) is 2.67. The first kappa shape index (κ1) is 16.0. The van der Waals surface area contributed by atoms with E-state index in [2.05, 4.69) is 4.98 Å². The number of nitro groups is 1. The summed E-state index contributed by atoms with van der Waals surface area (Å²) in [5.74, 6) is 0.453. The highest BCUT2D eigenvalue weighted by Crippen LogP contribution is 2.29. The van der Waals surface area contributed by atoms with Crippen molar-refractivity contribution in [3.8, 4) is 5.88 Å². The lowest BCUT2D eigenvalue weighted by atomic mass is 10.1. The molecule has 3 rings (SSSR count). The van der Waals surface area contributed by atoms with Gasteiger partial charge >= 0.3 is 0 Å². The number of fused-ring (bicyclic) bond motifs is 1. The Morgan fingerprint density at radius 3 is 2.75 bits per heavy atom. The van der Waals surface area contributed by atoms with Crippen LogP contribution < -0.4 is 4.74 Å². The van der Waals surface area contributed by atoms with Gasteiger partial charge in [-0.05, 0) is 29.7 Å². The number of nitrogens with zero attached hydrogens (tertiary/aromatic N) is 2. The number of rotatable bonds is 4. The first-order chi connectivity index (χ1) is 11.6. The molecule has 0 N–H and O–H groups in total. The molecule has 0 fully saturated rings. The third-order valence-electron chi connectivity index (χ3n) is 3.61. The molecule has 0 bridgehead atoms. The molecule has 2 aromatic carbocycles. The van der Waals surface area contributed by atoms with Gasteiger partial charge in [0.05, 0.1) is 17.6 Å². The molecule has 6 heteroatoms. The van der Waals surface area contributed by atoms with Crippen LogP contribution in [0.15, 0.2) is 48.7 Å². The maximum absolute atomic E-state index is 11.2. The summed E-state index contributed by atoms with van der Waals surface area (Å²) in [4.78, 5) is 15.0. The summed E-state index contributed by atoms with van der Waals surface area (Å²) < 4.78 is 5.32. The monoisotopic (exact) mass is 340 g/mol. The fraction of sp³-hybridized carbons (Fsp3) is 0.0556. The smallest absolute Gasteiger partial charge is 0.276 e. The SMILES string of the molecule is COc1ncc2ccccc2c1/C=C/c1cc(Cl)ccc1[N+](=O)[O-]. The predicted molar refractivity (Wildman–Crippen MR) is 95.3 cm³/mol. The van der Waals surface area contributed by atoms with Crippen molar-refractivity contribution in [1.82, 2.24) is 4.98 Å². The molecule has 5 nitrogen and oxygen atoms in total. The molecular weight excluding hydrogens is 328 g/mol. The van der Waals surface area contributed by atoms with Gasteiger partial charge in [0.1, 0.15) is 0 Å². The zero-order valence-corrected chi connectivity index (χ0v) is 13.5. The van der Waals surface area contributed by atoms with Gasteiger partial charge in [-0.25, -0.2) is 4.98 Å². The molecule has 0 radical (unpaired) electrons. The first-order valence-electron chi connectivity index (χ1n) is 7.14. The minimum Gasteiger partial charge on any atom is -0.481 e.